The van der Waals surface area contributed by atoms with E-state index >= 15 is 0 Å². The van der Waals surface area contributed by atoms with E-state index in [2.05, 4.69) is 61.6 Å². The van der Waals surface area contributed by atoms with Crippen LogP contribution < -0.4 is 5.32 Å². The van der Waals surface area contributed by atoms with Gasteiger partial charge < -0.3 is 5.32 Å². The lowest BCUT2D eigenvalue weighted by atomic mass is 10.1. The van der Waals surface area contributed by atoms with E-state index in [1.165, 1.54) is 15.3 Å². The molecule has 1 N–H and O–H groups in total. The molecule has 0 bridgehead atoms. The number of benzene rings is 1. The molecule has 1 atom stereocenters. The van der Waals surface area contributed by atoms with Crippen molar-refractivity contribution in [2.45, 2.75) is 32.9 Å². The molecule has 0 aliphatic heterocycles. The molecule has 0 aliphatic rings. The number of hydrogen-bond acceptors (Lipinski definition) is 2. The molecule has 90 valence electrons. The van der Waals surface area contributed by atoms with Gasteiger partial charge in [-0.1, -0.05) is 37.3 Å². The number of rotatable bonds is 5. The molecule has 1 aromatic carbocycles. The van der Waals surface area contributed by atoms with Crippen LogP contribution >= 0.6 is 11.3 Å². The first-order valence-electron chi connectivity index (χ1n) is 6.15. The number of aryl methyl sites for hydroxylation is 1. The minimum absolute atomic E-state index is 0.406. The van der Waals surface area contributed by atoms with Gasteiger partial charge in [0.05, 0.1) is 0 Å². The Labute approximate surface area is 108 Å². The Balaban J connectivity index is 1.90. The van der Waals surface area contributed by atoms with Crippen molar-refractivity contribution >= 4 is 11.3 Å². The Morgan fingerprint density at radius 3 is 2.41 bits per heavy atom. The van der Waals surface area contributed by atoms with Gasteiger partial charge in [0.15, 0.2) is 0 Å². The van der Waals surface area contributed by atoms with Gasteiger partial charge in [0.25, 0.3) is 0 Å². The summed E-state index contributed by atoms with van der Waals surface area (Å²) in [6, 6.07) is 15.4. The van der Waals surface area contributed by atoms with Crippen LogP contribution in [0.4, 0.5) is 0 Å². The molecular formula is C15H19NS. The number of hydrogen-bond donors (Lipinski definition) is 1. The first kappa shape index (κ1) is 12.3. The van der Waals surface area contributed by atoms with Crippen molar-refractivity contribution in [3.05, 3.63) is 57.8 Å². The third-order valence-electron chi connectivity index (χ3n) is 2.95. The molecule has 0 fully saturated rings. The van der Waals surface area contributed by atoms with Crippen molar-refractivity contribution in [1.29, 1.82) is 0 Å². The number of thiophene rings is 1. The zero-order chi connectivity index (χ0) is 12.1. The molecule has 0 radical (unpaired) electrons. The molecule has 0 saturated carbocycles. The summed E-state index contributed by atoms with van der Waals surface area (Å²) in [5, 5.41) is 3.56. The van der Waals surface area contributed by atoms with Crippen LogP contribution in [0.2, 0.25) is 0 Å². The fourth-order valence-electron chi connectivity index (χ4n) is 1.82. The summed E-state index contributed by atoms with van der Waals surface area (Å²) in [6.45, 7) is 5.38. The summed E-state index contributed by atoms with van der Waals surface area (Å²) in [5.74, 6) is 0. The standard InChI is InChI=1S/C15H19NS/c1-3-14-9-10-15(17-14)11-16-12(2)13-7-5-4-6-8-13/h4-10,12,16H,3,11H2,1-2H3. The summed E-state index contributed by atoms with van der Waals surface area (Å²) < 4.78 is 0. The highest BCUT2D eigenvalue weighted by Gasteiger charge is 2.04. The lowest BCUT2D eigenvalue weighted by Crippen LogP contribution is -2.17. The lowest BCUT2D eigenvalue weighted by molar-refractivity contribution is 0.579. The van der Waals surface area contributed by atoms with E-state index < -0.39 is 0 Å². The normalized spacial score (nSPS) is 12.6. The first-order valence-corrected chi connectivity index (χ1v) is 6.97. The second-order valence-corrected chi connectivity index (χ2v) is 5.49. The van der Waals surface area contributed by atoms with Crippen LogP contribution in [0.25, 0.3) is 0 Å². The average molecular weight is 245 g/mol. The SMILES string of the molecule is CCc1ccc(CNC(C)c2ccccc2)s1. The van der Waals surface area contributed by atoms with E-state index in [0.29, 0.717) is 6.04 Å². The number of nitrogens with one attached hydrogen (secondary N) is 1. The summed E-state index contributed by atoms with van der Waals surface area (Å²) in [6.07, 6.45) is 1.14. The van der Waals surface area contributed by atoms with Crippen molar-refractivity contribution in [2.75, 3.05) is 0 Å². The van der Waals surface area contributed by atoms with Crippen LogP contribution in [0.1, 0.15) is 35.2 Å². The van der Waals surface area contributed by atoms with Crippen LogP contribution in [0, 0.1) is 0 Å². The zero-order valence-corrected chi connectivity index (χ0v) is 11.3. The molecule has 2 heteroatoms. The van der Waals surface area contributed by atoms with Gasteiger partial charge in [-0.25, -0.2) is 0 Å². The van der Waals surface area contributed by atoms with Crippen LogP contribution in [0.5, 0.6) is 0 Å². The van der Waals surface area contributed by atoms with E-state index in [1.807, 2.05) is 11.3 Å². The predicted octanol–water partition coefficient (Wildman–Crippen LogP) is 4.16. The maximum atomic E-state index is 3.56. The Morgan fingerprint density at radius 1 is 1.06 bits per heavy atom. The third kappa shape index (κ3) is 3.42. The second-order valence-electron chi connectivity index (χ2n) is 4.23. The van der Waals surface area contributed by atoms with E-state index in [0.717, 1.165) is 13.0 Å². The molecule has 1 aromatic heterocycles. The van der Waals surface area contributed by atoms with Gasteiger partial charge >= 0.3 is 0 Å². The summed E-state index contributed by atoms with van der Waals surface area (Å²) in [5.41, 5.74) is 1.35. The average Bonchev–Trinajstić information content (AvgIpc) is 2.85. The van der Waals surface area contributed by atoms with Gasteiger partial charge in [0.2, 0.25) is 0 Å². The smallest absolute Gasteiger partial charge is 0.0305 e. The summed E-state index contributed by atoms with van der Waals surface area (Å²) >= 11 is 1.91. The van der Waals surface area contributed by atoms with Gasteiger partial charge in [-0.05, 0) is 31.0 Å². The molecule has 1 unspecified atom stereocenters. The zero-order valence-electron chi connectivity index (χ0n) is 10.4. The molecule has 17 heavy (non-hydrogen) atoms. The van der Waals surface area contributed by atoms with Gasteiger partial charge in [0, 0.05) is 22.3 Å². The second kappa shape index (κ2) is 5.99. The Kier molecular flexibility index (Phi) is 4.35. The molecule has 1 heterocycles. The topological polar surface area (TPSA) is 12.0 Å². The van der Waals surface area contributed by atoms with E-state index in [1.54, 1.807) is 0 Å². The fourth-order valence-corrected chi connectivity index (χ4v) is 2.73. The quantitative estimate of drug-likeness (QED) is 0.834. The van der Waals surface area contributed by atoms with Gasteiger partial charge in [0.1, 0.15) is 0 Å². The highest BCUT2D eigenvalue weighted by atomic mass is 32.1. The minimum atomic E-state index is 0.406. The summed E-state index contributed by atoms with van der Waals surface area (Å²) in [7, 11) is 0. The largest absolute Gasteiger partial charge is 0.305 e. The van der Waals surface area contributed by atoms with Crippen LogP contribution in [-0.4, -0.2) is 0 Å². The molecule has 0 amide bonds. The van der Waals surface area contributed by atoms with Crippen molar-refractivity contribution in [3.8, 4) is 0 Å². The van der Waals surface area contributed by atoms with E-state index in [9.17, 15) is 0 Å². The van der Waals surface area contributed by atoms with Crippen molar-refractivity contribution in [2.24, 2.45) is 0 Å². The highest BCUT2D eigenvalue weighted by Crippen LogP contribution is 2.18. The molecule has 2 aromatic rings. The molecular weight excluding hydrogens is 226 g/mol. The molecule has 0 spiro atoms. The van der Waals surface area contributed by atoms with Gasteiger partial charge in [-0.15, -0.1) is 11.3 Å². The predicted molar refractivity (Wildman–Crippen MR) is 75.4 cm³/mol. The van der Waals surface area contributed by atoms with Crippen LogP contribution in [0.3, 0.4) is 0 Å². The maximum absolute atomic E-state index is 3.56. The van der Waals surface area contributed by atoms with Crippen LogP contribution in [0.15, 0.2) is 42.5 Å². The monoisotopic (exact) mass is 245 g/mol. The van der Waals surface area contributed by atoms with Crippen molar-refractivity contribution < 1.29 is 0 Å². The maximum Gasteiger partial charge on any atom is 0.0305 e. The van der Waals surface area contributed by atoms with Gasteiger partial charge in [-0.2, -0.15) is 0 Å². The lowest BCUT2D eigenvalue weighted by Gasteiger charge is -2.13. The van der Waals surface area contributed by atoms with Crippen molar-refractivity contribution in [3.63, 3.8) is 0 Å². The molecule has 0 saturated heterocycles. The molecule has 0 aliphatic carbocycles. The van der Waals surface area contributed by atoms with E-state index in [4.69, 9.17) is 0 Å². The Bertz CT molecular complexity index is 447. The Morgan fingerprint density at radius 2 is 1.76 bits per heavy atom. The molecule has 2 rings (SSSR count). The van der Waals surface area contributed by atoms with Crippen LogP contribution in [-0.2, 0) is 13.0 Å². The van der Waals surface area contributed by atoms with Crippen molar-refractivity contribution in [1.82, 2.24) is 5.32 Å². The fraction of sp³-hybridized carbons (Fsp3) is 0.333. The third-order valence-corrected chi connectivity index (χ3v) is 4.18. The highest BCUT2D eigenvalue weighted by molar-refractivity contribution is 7.11. The first-order chi connectivity index (χ1) is 8.29. The summed E-state index contributed by atoms with van der Waals surface area (Å²) in [4.78, 5) is 2.89. The minimum Gasteiger partial charge on any atom is -0.305 e. The van der Waals surface area contributed by atoms with E-state index in [-0.39, 0.29) is 0 Å². The van der Waals surface area contributed by atoms with Gasteiger partial charge in [-0.3, -0.25) is 0 Å². The Hall–Kier alpha value is -1.12. The molecule has 1 nitrogen and oxygen atoms in total.